The summed E-state index contributed by atoms with van der Waals surface area (Å²) in [5, 5.41) is 19.9. The molecule has 0 aromatic carbocycles. The Morgan fingerprint density at radius 2 is 2.25 bits per heavy atom. The molecule has 2 unspecified atom stereocenters. The van der Waals surface area contributed by atoms with Crippen molar-refractivity contribution in [3.05, 3.63) is 11.9 Å². The van der Waals surface area contributed by atoms with Crippen LogP contribution < -0.4 is 10.5 Å². The number of ether oxygens (including phenoxy) is 1. The van der Waals surface area contributed by atoms with Crippen LogP contribution in [0.3, 0.4) is 0 Å². The van der Waals surface area contributed by atoms with Crippen LogP contribution in [-0.4, -0.2) is 38.7 Å². The number of halogens is 1. The van der Waals surface area contributed by atoms with Gasteiger partial charge in [-0.3, -0.25) is 0 Å². The highest BCUT2D eigenvalue weighted by Crippen LogP contribution is 2.21. The third-order valence-electron chi connectivity index (χ3n) is 2.05. The highest BCUT2D eigenvalue weighted by atomic mass is 79.9. The lowest BCUT2D eigenvalue weighted by Crippen LogP contribution is -2.20. The second kappa shape index (κ2) is 5.97. The fraction of sp³-hybridized carbons (Fsp3) is 0.556. The van der Waals surface area contributed by atoms with Gasteiger partial charge in [0.05, 0.1) is 25.1 Å². The first-order valence-corrected chi connectivity index (χ1v) is 5.80. The van der Waals surface area contributed by atoms with Gasteiger partial charge in [-0.15, -0.1) is 0 Å². The number of aliphatic hydroxyl groups excluding tert-OH is 2. The topological polar surface area (TPSA) is 101 Å². The molecule has 0 fully saturated rings. The predicted octanol–water partition coefficient (Wildman–Crippen LogP) is 0.247. The smallest absolute Gasteiger partial charge is 0.257 e. The predicted molar refractivity (Wildman–Crippen MR) is 62.4 cm³/mol. The van der Waals surface area contributed by atoms with E-state index in [1.807, 2.05) is 0 Å². The summed E-state index contributed by atoms with van der Waals surface area (Å²) in [5.41, 5.74) is 5.72. The van der Waals surface area contributed by atoms with E-state index < -0.39 is 12.2 Å². The Morgan fingerprint density at radius 3 is 2.81 bits per heavy atom. The van der Waals surface area contributed by atoms with E-state index in [4.69, 9.17) is 10.5 Å². The first-order chi connectivity index (χ1) is 7.60. The quantitative estimate of drug-likeness (QED) is 0.672. The maximum atomic E-state index is 9.76. The van der Waals surface area contributed by atoms with Gasteiger partial charge in [-0.1, -0.05) is 15.9 Å². The van der Waals surface area contributed by atoms with E-state index in [1.54, 1.807) is 0 Å². The number of rotatable bonds is 5. The third kappa shape index (κ3) is 3.03. The minimum Gasteiger partial charge on any atom is -0.478 e. The molecular formula is C9H14BrN3O3. The van der Waals surface area contributed by atoms with E-state index in [9.17, 15) is 10.2 Å². The van der Waals surface area contributed by atoms with Crippen molar-refractivity contribution in [3.63, 3.8) is 0 Å². The van der Waals surface area contributed by atoms with Crippen molar-refractivity contribution in [2.24, 2.45) is 0 Å². The number of aliphatic hydroxyl groups is 2. The van der Waals surface area contributed by atoms with Crippen molar-refractivity contribution in [3.8, 4) is 5.88 Å². The molecule has 2 atom stereocenters. The fourth-order valence-electron chi connectivity index (χ4n) is 1.15. The highest BCUT2D eigenvalue weighted by Gasteiger charge is 2.20. The molecule has 7 heteroatoms. The second-order valence-electron chi connectivity index (χ2n) is 3.18. The zero-order valence-electron chi connectivity index (χ0n) is 8.80. The molecule has 0 radical (unpaired) electrons. The molecule has 1 aromatic heterocycles. The van der Waals surface area contributed by atoms with Gasteiger partial charge in [0, 0.05) is 5.33 Å². The van der Waals surface area contributed by atoms with Gasteiger partial charge in [0.15, 0.2) is 5.82 Å². The molecule has 0 aliphatic carbocycles. The second-order valence-corrected chi connectivity index (χ2v) is 3.97. The van der Waals surface area contributed by atoms with Gasteiger partial charge in [-0.25, -0.2) is 9.97 Å². The first-order valence-electron chi connectivity index (χ1n) is 4.68. The van der Waals surface area contributed by atoms with Gasteiger partial charge in [0.2, 0.25) is 0 Å². The van der Waals surface area contributed by atoms with E-state index in [2.05, 4.69) is 25.9 Å². The zero-order valence-corrected chi connectivity index (χ0v) is 10.4. The summed E-state index contributed by atoms with van der Waals surface area (Å²) >= 11 is 3.18. The number of nitrogen functional groups attached to an aromatic ring is 1. The van der Waals surface area contributed by atoms with Crippen molar-refractivity contribution < 1.29 is 14.9 Å². The number of aromatic nitrogens is 2. The molecule has 0 saturated carbocycles. The minimum absolute atomic E-state index is 0.141. The van der Waals surface area contributed by atoms with Gasteiger partial charge >= 0.3 is 0 Å². The lowest BCUT2D eigenvalue weighted by Gasteiger charge is -2.16. The normalized spacial score (nSPS) is 14.5. The first kappa shape index (κ1) is 13.1. The van der Waals surface area contributed by atoms with Gasteiger partial charge in [0.1, 0.15) is 6.10 Å². The summed E-state index contributed by atoms with van der Waals surface area (Å²) in [6, 6.07) is 0. The van der Waals surface area contributed by atoms with Gasteiger partial charge in [0.25, 0.3) is 5.88 Å². The lowest BCUT2D eigenvalue weighted by atomic mass is 10.1. The molecule has 1 rings (SSSR count). The highest BCUT2D eigenvalue weighted by molar-refractivity contribution is 9.09. The summed E-state index contributed by atoms with van der Waals surface area (Å²) in [7, 11) is 1.41. The van der Waals surface area contributed by atoms with Gasteiger partial charge < -0.3 is 20.7 Å². The van der Waals surface area contributed by atoms with E-state index >= 15 is 0 Å². The molecule has 90 valence electrons. The lowest BCUT2D eigenvalue weighted by molar-refractivity contribution is 0.0143. The molecule has 0 amide bonds. The van der Waals surface area contributed by atoms with Crippen molar-refractivity contribution in [1.82, 2.24) is 9.97 Å². The number of hydrogen-bond acceptors (Lipinski definition) is 6. The van der Waals surface area contributed by atoms with Crippen LogP contribution in [0.1, 0.15) is 18.2 Å². The van der Waals surface area contributed by atoms with E-state index in [0.717, 1.165) is 0 Å². The van der Waals surface area contributed by atoms with E-state index in [0.29, 0.717) is 11.8 Å². The molecule has 0 bridgehead atoms. The van der Waals surface area contributed by atoms with Crippen molar-refractivity contribution in [1.29, 1.82) is 0 Å². The molecule has 16 heavy (non-hydrogen) atoms. The van der Waals surface area contributed by atoms with Crippen molar-refractivity contribution in [2.75, 3.05) is 18.2 Å². The monoisotopic (exact) mass is 291 g/mol. The fourth-order valence-corrected chi connectivity index (χ4v) is 1.62. The molecule has 4 N–H and O–H groups in total. The van der Waals surface area contributed by atoms with Crippen LogP contribution >= 0.6 is 15.9 Å². The molecule has 0 spiro atoms. The molecule has 0 aliphatic heterocycles. The minimum atomic E-state index is -1.10. The van der Waals surface area contributed by atoms with Gasteiger partial charge in [-0.2, -0.15) is 0 Å². The average Bonchev–Trinajstić information content (AvgIpc) is 2.29. The number of nitrogens with two attached hydrogens (primary N) is 1. The number of anilines is 1. The van der Waals surface area contributed by atoms with Crippen LogP contribution in [0.4, 0.5) is 5.82 Å². The summed E-state index contributed by atoms with van der Waals surface area (Å²) in [5.74, 6) is 0.288. The molecule has 0 aliphatic rings. The zero-order chi connectivity index (χ0) is 12.1. The number of nitrogens with zero attached hydrogens (tertiary/aromatic N) is 2. The SMILES string of the molecule is COc1nc(C(O)C(O)CCBr)cnc1N. The van der Waals surface area contributed by atoms with E-state index in [1.165, 1.54) is 13.3 Å². The van der Waals surface area contributed by atoms with Crippen molar-refractivity contribution >= 4 is 21.7 Å². The number of alkyl halides is 1. The Morgan fingerprint density at radius 1 is 1.56 bits per heavy atom. The Kier molecular flexibility index (Phi) is 4.91. The largest absolute Gasteiger partial charge is 0.478 e. The molecule has 0 saturated heterocycles. The standard InChI is InChI=1S/C9H14BrN3O3/c1-16-9-8(11)12-4-5(13-9)7(15)6(14)2-3-10/h4,6-7,14-15H,2-3H2,1H3,(H2,11,12). The van der Waals surface area contributed by atoms with Crippen molar-refractivity contribution in [2.45, 2.75) is 18.6 Å². The Hall–Kier alpha value is -0.920. The molecule has 6 nitrogen and oxygen atoms in total. The summed E-state index contributed by atoms with van der Waals surface area (Å²) in [4.78, 5) is 7.78. The molecule has 1 aromatic rings. The maximum absolute atomic E-state index is 9.76. The molecule has 1 heterocycles. The van der Waals surface area contributed by atoms with Crippen LogP contribution in [0.5, 0.6) is 5.88 Å². The number of hydrogen-bond donors (Lipinski definition) is 3. The average molecular weight is 292 g/mol. The third-order valence-corrected chi connectivity index (χ3v) is 2.51. The Labute approximate surface area is 102 Å². The van der Waals surface area contributed by atoms with Crippen LogP contribution in [0.25, 0.3) is 0 Å². The van der Waals surface area contributed by atoms with E-state index in [-0.39, 0.29) is 17.4 Å². The van der Waals surface area contributed by atoms with Crippen LogP contribution in [-0.2, 0) is 0 Å². The summed E-state index contributed by atoms with van der Waals surface area (Å²) in [6.45, 7) is 0. The molecular weight excluding hydrogens is 278 g/mol. The number of methoxy groups -OCH3 is 1. The Bertz CT molecular complexity index is 351. The maximum Gasteiger partial charge on any atom is 0.257 e. The summed E-state index contributed by atoms with van der Waals surface area (Å²) in [6.07, 6.45) is -0.267. The van der Waals surface area contributed by atoms with Crippen LogP contribution in [0, 0.1) is 0 Å². The van der Waals surface area contributed by atoms with Gasteiger partial charge in [-0.05, 0) is 6.42 Å². The summed E-state index contributed by atoms with van der Waals surface area (Å²) < 4.78 is 4.87. The van der Waals surface area contributed by atoms with Crippen LogP contribution in [0.15, 0.2) is 6.20 Å². The Balaban J connectivity index is 2.87. The van der Waals surface area contributed by atoms with Crippen LogP contribution in [0.2, 0.25) is 0 Å².